The second-order valence-electron chi connectivity index (χ2n) is 4.06. The zero-order chi connectivity index (χ0) is 12.8. The molecule has 1 N–H and O–H groups in total. The number of hydrogen-bond acceptors (Lipinski definition) is 6. The van der Waals surface area contributed by atoms with Crippen molar-refractivity contribution in [2.24, 2.45) is 0 Å². The van der Waals surface area contributed by atoms with E-state index in [0.29, 0.717) is 0 Å². The summed E-state index contributed by atoms with van der Waals surface area (Å²) in [7, 11) is 2.06. The quantitative estimate of drug-likeness (QED) is 0.792. The van der Waals surface area contributed by atoms with Gasteiger partial charge in [-0.1, -0.05) is 6.92 Å². The Bertz CT molecular complexity index is 452. The Morgan fingerprint density at radius 2 is 2.22 bits per heavy atom. The van der Waals surface area contributed by atoms with Crippen molar-refractivity contribution >= 4 is 27.8 Å². The first-order chi connectivity index (χ1) is 8.79. The highest BCUT2D eigenvalue weighted by Gasteiger charge is 2.08. The van der Waals surface area contributed by atoms with Gasteiger partial charge in [0.15, 0.2) is 5.13 Å². The number of aromatic nitrogens is 2. The molecular weight excluding hydrogens is 264 g/mol. The maximum absolute atomic E-state index is 4.64. The van der Waals surface area contributed by atoms with Crippen molar-refractivity contribution in [3.8, 4) is 0 Å². The molecule has 0 amide bonds. The second kappa shape index (κ2) is 6.82. The van der Waals surface area contributed by atoms with E-state index in [1.165, 1.54) is 5.69 Å². The maximum atomic E-state index is 4.64. The van der Waals surface area contributed by atoms with E-state index in [4.69, 9.17) is 0 Å². The van der Waals surface area contributed by atoms with E-state index in [2.05, 4.69) is 44.9 Å². The lowest BCUT2D eigenvalue weighted by molar-refractivity contribution is 0.709. The van der Waals surface area contributed by atoms with Crippen LogP contribution < -0.4 is 10.2 Å². The fraction of sp³-hybridized carbons (Fsp3) is 0.500. The summed E-state index contributed by atoms with van der Waals surface area (Å²) in [6.45, 7) is 4.95. The number of rotatable bonds is 7. The Hall–Kier alpha value is -0.980. The number of anilines is 1. The van der Waals surface area contributed by atoms with Crippen molar-refractivity contribution < 1.29 is 0 Å². The number of hydrogen-bond donors (Lipinski definition) is 1. The van der Waals surface area contributed by atoms with E-state index in [0.717, 1.165) is 36.9 Å². The molecule has 2 rings (SSSR count). The van der Waals surface area contributed by atoms with Crippen molar-refractivity contribution in [1.29, 1.82) is 0 Å². The minimum absolute atomic E-state index is 0.823. The van der Waals surface area contributed by atoms with Crippen LogP contribution in [0.3, 0.4) is 0 Å². The summed E-state index contributed by atoms with van der Waals surface area (Å²) < 4.78 is 0. The third kappa shape index (κ3) is 3.76. The minimum atomic E-state index is 0.823. The molecule has 0 atom stereocenters. The molecule has 0 saturated heterocycles. The molecule has 0 aliphatic heterocycles. The summed E-state index contributed by atoms with van der Waals surface area (Å²) in [6.07, 6.45) is 0.995. The Balaban J connectivity index is 1.88. The van der Waals surface area contributed by atoms with Crippen LogP contribution in [-0.4, -0.2) is 30.1 Å². The summed E-state index contributed by atoms with van der Waals surface area (Å²) in [5, 5.41) is 8.60. The van der Waals surface area contributed by atoms with E-state index in [9.17, 15) is 0 Å². The lowest BCUT2D eigenvalue weighted by Gasteiger charge is -2.13. The molecule has 0 aliphatic carbocycles. The fourth-order valence-electron chi connectivity index (χ4n) is 1.61. The molecule has 0 aromatic carbocycles. The summed E-state index contributed by atoms with van der Waals surface area (Å²) in [6, 6.07) is 0. The predicted molar refractivity (Wildman–Crippen MR) is 78.6 cm³/mol. The standard InChI is InChI=1S/C12H18N4S2/c1-3-13-5-4-10-8-18-12(15-10)16(2)6-11-7-17-9-14-11/h7-9,13H,3-6H2,1-2H3. The zero-order valence-electron chi connectivity index (χ0n) is 10.7. The van der Waals surface area contributed by atoms with Crippen LogP contribution in [0.4, 0.5) is 5.13 Å². The first-order valence-electron chi connectivity index (χ1n) is 6.03. The van der Waals surface area contributed by atoms with E-state index in [1.54, 1.807) is 22.7 Å². The highest BCUT2D eigenvalue weighted by atomic mass is 32.1. The van der Waals surface area contributed by atoms with Gasteiger partial charge in [-0.05, 0) is 6.54 Å². The Morgan fingerprint density at radius 3 is 2.94 bits per heavy atom. The maximum Gasteiger partial charge on any atom is 0.185 e. The van der Waals surface area contributed by atoms with Gasteiger partial charge in [0, 0.05) is 30.8 Å². The molecule has 6 heteroatoms. The van der Waals surface area contributed by atoms with Crippen LogP contribution in [0.25, 0.3) is 0 Å². The smallest absolute Gasteiger partial charge is 0.185 e. The number of thiazole rings is 2. The van der Waals surface area contributed by atoms with E-state index in [-0.39, 0.29) is 0 Å². The molecule has 2 aromatic heterocycles. The molecule has 4 nitrogen and oxygen atoms in total. The summed E-state index contributed by atoms with van der Waals surface area (Å²) in [4.78, 5) is 11.1. The first kappa shape index (κ1) is 13.5. The van der Waals surface area contributed by atoms with Gasteiger partial charge >= 0.3 is 0 Å². The van der Waals surface area contributed by atoms with Gasteiger partial charge in [-0.3, -0.25) is 0 Å². The van der Waals surface area contributed by atoms with Crippen molar-refractivity contribution in [2.45, 2.75) is 19.9 Å². The Labute approximate surface area is 116 Å². The van der Waals surface area contributed by atoms with Crippen LogP contribution in [0.15, 0.2) is 16.3 Å². The van der Waals surface area contributed by atoms with Crippen LogP contribution in [-0.2, 0) is 13.0 Å². The molecular formula is C12H18N4S2. The second-order valence-corrected chi connectivity index (χ2v) is 5.62. The molecule has 0 aliphatic rings. The summed E-state index contributed by atoms with van der Waals surface area (Å²) in [5.74, 6) is 0. The molecule has 18 heavy (non-hydrogen) atoms. The third-order valence-electron chi connectivity index (χ3n) is 2.56. The van der Waals surface area contributed by atoms with Crippen LogP contribution in [0.5, 0.6) is 0 Å². The van der Waals surface area contributed by atoms with Crippen LogP contribution in [0.1, 0.15) is 18.3 Å². The average Bonchev–Trinajstić information content (AvgIpc) is 3.00. The van der Waals surface area contributed by atoms with E-state index in [1.807, 2.05) is 5.51 Å². The highest BCUT2D eigenvalue weighted by molar-refractivity contribution is 7.13. The molecule has 0 spiro atoms. The van der Waals surface area contributed by atoms with Gasteiger partial charge in [-0.15, -0.1) is 22.7 Å². The molecule has 0 unspecified atom stereocenters. The number of likely N-dealkylation sites (N-methyl/N-ethyl adjacent to an activating group) is 1. The van der Waals surface area contributed by atoms with Gasteiger partial charge in [0.2, 0.25) is 0 Å². The predicted octanol–water partition coefficient (Wildman–Crippen LogP) is 2.39. The fourth-order valence-corrected chi connectivity index (χ4v) is 2.98. The Kier molecular flexibility index (Phi) is 5.10. The third-order valence-corrected chi connectivity index (χ3v) is 4.20. The number of nitrogens with zero attached hydrogens (tertiary/aromatic N) is 3. The number of nitrogens with one attached hydrogen (secondary N) is 1. The monoisotopic (exact) mass is 282 g/mol. The van der Waals surface area contributed by atoms with Crippen molar-refractivity contribution in [2.75, 3.05) is 25.0 Å². The summed E-state index contributed by atoms with van der Waals surface area (Å²) in [5.41, 5.74) is 4.14. The van der Waals surface area contributed by atoms with Gasteiger partial charge in [0.05, 0.1) is 23.4 Å². The van der Waals surface area contributed by atoms with Crippen molar-refractivity contribution in [3.05, 3.63) is 27.7 Å². The van der Waals surface area contributed by atoms with Crippen LogP contribution >= 0.6 is 22.7 Å². The SMILES string of the molecule is CCNCCc1csc(N(C)Cc2cscn2)n1. The van der Waals surface area contributed by atoms with Crippen LogP contribution in [0, 0.1) is 0 Å². The summed E-state index contributed by atoms with van der Waals surface area (Å²) >= 11 is 3.33. The average molecular weight is 282 g/mol. The normalized spacial score (nSPS) is 10.8. The molecule has 0 fully saturated rings. The van der Waals surface area contributed by atoms with Gasteiger partial charge in [0.25, 0.3) is 0 Å². The van der Waals surface area contributed by atoms with Crippen molar-refractivity contribution in [1.82, 2.24) is 15.3 Å². The van der Waals surface area contributed by atoms with Crippen molar-refractivity contribution in [3.63, 3.8) is 0 Å². The largest absolute Gasteiger partial charge is 0.345 e. The van der Waals surface area contributed by atoms with Gasteiger partial charge in [0.1, 0.15) is 0 Å². The van der Waals surface area contributed by atoms with Gasteiger partial charge < -0.3 is 10.2 Å². The zero-order valence-corrected chi connectivity index (χ0v) is 12.4. The molecule has 0 saturated carbocycles. The molecule has 0 radical (unpaired) electrons. The first-order valence-corrected chi connectivity index (χ1v) is 7.85. The van der Waals surface area contributed by atoms with Gasteiger partial charge in [-0.25, -0.2) is 9.97 Å². The topological polar surface area (TPSA) is 41.0 Å². The highest BCUT2D eigenvalue weighted by Crippen LogP contribution is 2.21. The van der Waals surface area contributed by atoms with Crippen LogP contribution in [0.2, 0.25) is 0 Å². The Morgan fingerprint density at radius 1 is 1.33 bits per heavy atom. The van der Waals surface area contributed by atoms with Gasteiger partial charge in [-0.2, -0.15) is 0 Å². The van der Waals surface area contributed by atoms with E-state index >= 15 is 0 Å². The minimum Gasteiger partial charge on any atom is -0.345 e. The lowest BCUT2D eigenvalue weighted by Crippen LogP contribution is -2.17. The molecule has 2 aromatic rings. The molecule has 2 heterocycles. The van der Waals surface area contributed by atoms with E-state index < -0.39 is 0 Å². The molecule has 98 valence electrons. The lowest BCUT2D eigenvalue weighted by atomic mass is 10.3. The molecule has 0 bridgehead atoms.